The van der Waals surface area contributed by atoms with Crippen LogP contribution in [0.2, 0.25) is 0 Å². The van der Waals surface area contributed by atoms with Gasteiger partial charge in [0.1, 0.15) is 5.82 Å². The van der Waals surface area contributed by atoms with Crippen LogP contribution >= 0.6 is 0 Å². The summed E-state index contributed by atoms with van der Waals surface area (Å²) >= 11 is 0. The SMILES string of the molecule is O=C(O)c1ccc(NC(=O)C(O)c2ccccc2)c(F)c1. The maximum atomic E-state index is 13.7. The lowest BCUT2D eigenvalue weighted by molar-refractivity contribution is -0.124. The number of halogens is 1. The minimum Gasteiger partial charge on any atom is -0.478 e. The first-order valence-electron chi connectivity index (χ1n) is 6.06. The fraction of sp³-hybridized carbons (Fsp3) is 0.0667. The number of hydrogen-bond donors (Lipinski definition) is 3. The first-order valence-corrected chi connectivity index (χ1v) is 6.06. The molecule has 0 fully saturated rings. The number of carboxylic acids is 1. The highest BCUT2D eigenvalue weighted by Gasteiger charge is 2.19. The average molecular weight is 289 g/mol. The Bertz CT molecular complexity index is 673. The van der Waals surface area contributed by atoms with Gasteiger partial charge < -0.3 is 15.5 Å². The number of nitrogens with one attached hydrogen (secondary N) is 1. The molecule has 108 valence electrons. The van der Waals surface area contributed by atoms with E-state index in [0.717, 1.165) is 18.2 Å². The number of aliphatic hydroxyl groups is 1. The number of aliphatic hydroxyl groups excluding tert-OH is 1. The summed E-state index contributed by atoms with van der Waals surface area (Å²) in [5.41, 5.74) is -0.0494. The molecule has 0 aromatic heterocycles. The van der Waals surface area contributed by atoms with E-state index in [2.05, 4.69) is 5.32 Å². The van der Waals surface area contributed by atoms with Gasteiger partial charge in [-0.2, -0.15) is 0 Å². The number of carbonyl (C=O) groups excluding carboxylic acids is 1. The number of carboxylic acid groups (broad SMARTS) is 1. The summed E-state index contributed by atoms with van der Waals surface area (Å²) in [6, 6.07) is 11.3. The van der Waals surface area contributed by atoms with Crippen molar-refractivity contribution in [2.24, 2.45) is 0 Å². The van der Waals surface area contributed by atoms with Crippen molar-refractivity contribution < 1.29 is 24.2 Å². The van der Waals surface area contributed by atoms with Crippen molar-refractivity contribution in [3.05, 3.63) is 65.5 Å². The second kappa shape index (κ2) is 6.15. The van der Waals surface area contributed by atoms with E-state index in [0.29, 0.717) is 5.56 Å². The molecule has 0 heterocycles. The topological polar surface area (TPSA) is 86.6 Å². The number of aromatic carboxylic acids is 1. The van der Waals surface area contributed by atoms with Crippen molar-refractivity contribution in [1.29, 1.82) is 0 Å². The molecule has 1 atom stereocenters. The largest absolute Gasteiger partial charge is 0.478 e. The lowest BCUT2D eigenvalue weighted by atomic mass is 10.1. The third kappa shape index (κ3) is 3.43. The molecule has 0 saturated carbocycles. The van der Waals surface area contributed by atoms with Crippen LogP contribution < -0.4 is 5.32 Å². The zero-order valence-corrected chi connectivity index (χ0v) is 10.8. The Hall–Kier alpha value is -2.73. The van der Waals surface area contributed by atoms with Crippen LogP contribution in [0.15, 0.2) is 48.5 Å². The number of anilines is 1. The van der Waals surface area contributed by atoms with E-state index in [-0.39, 0.29) is 11.3 Å². The van der Waals surface area contributed by atoms with Gasteiger partial charge >= 0.3 is 5.97 Å². The zero-order chi connectivity index (χ0) is 15.4. The van der Waals surface area contributed by atoms with Gasteiger partial charge in [-0.05, 0) is 23.8 Å². The third-order valence-corrected chi connectivity index (χ3v) is 2.84. The van der Waals surface area contributed by atoms with E-state index in [1.807, 2.05) is 0 Å². The number of amides is 1. The van der Waals surface area contributed by atoms with Gasteiger partial charge in [0.15, 0.2) is 6.10 Å². The Labute approximate surface area is 119 Å². The summed E-state index contributed by atoms with van der Waals surface area (Å²) < 4.78 is 13.7. The fourth-order valence-electron chi connectivity index (χ4n) is 1.74. The number of hydrogen-bond acceptors (Lipinski definition) is 3. The minimum absolute atomic E-state index is 0.194. The quantitative estimate of drug-likeness (QED) is 0.805. The molecule has 0 radical (unpaired) electrons. The highest BCUT2D eigenvalue weighted by Crippen LogP contribution is 2.19. The van der Waals surface area contributed by atoms with Crippen LogP contribution in [0.3, 0.4) is 0 Å². The number of carbonyl (C=O) groups is 2. The lowest BCUT2D eigenvalue weighted by Crippen LogP contribution is -2.21. The van der Waals surface area contributed by atoms with E-state index < -0.39 is 23.8 Å². The van der Waals surface area contributed by atoms with Crippen LogP contribution in [0.4, 0.5) is 10.1 Å². The molecule has 0 aliphatic carbocycles. The molecule has 2 aromatic rings. The molecule has 0 spiro atoms. The summed E-state index contributed by atoms with van der Waals surface area (Å²) in [5.74, 6) is -2.96. The predicted octanol–water partition coefficient (Wildman–Crippen LogP) is 2.20. The lowest BCUT2D eigenvalue weighted by Gasteiger charge is -2.12. The Kier molecular flexibility index (Phi) is 4.30. The molecule has 0 aliphatic heterocycles. The van der Waals surface area contributed by atoms with Crippen LogP contribution in [0.1, 0.15) is 22.0 Å². The van der Waals surface area contributed by atoms with E-state index in [1.165, 1.54) is 0 Å². The molecule has 0 aliphatic rings. The van der Waals surface area contributed by atoms with Gasteiger partial charge in [0.2, 0.25) is 0 Å². The zero-order valence-electron chi connectivity index (χ0n) is 10.8. The Morgan fingerprint density at radius 3 is 2.33 bits per heavy atom. The second-order valence-electron chi connectivity index (χ2n) is 4.30. The fourth-order valence-corrected chi connectivity index (χ4v) is 1.74. The summed E-state index contributed by atoms with van der Waals surface area (Å²) in [6.07, 6.45) is -1.44. The van der Waals surface area contributed by atoms with Crippen molar-refractivity contribution in [2.45, 2.75) is 6.10 Å². The highest BCUT2D eigenvalue weighted by molar-refractivity contribution is 5.95. The van der Waals surface area contributed by atoms with Gasteiger partial charge in [0.05, 0.1) is 11.3 Å². The molecular formula is C15H12FNO4. The molecule has 1 amide bonds. The Morgan fingerprint density at radius 2 is 1.76 bits per heavy atom. The maximum absolute atomic E-state index is 13.7. The molecular weight excluding hydrogens is 277 g/mol. The minimum atomic E-state index is -1.44. The molecule has 0 bridgehead atoms. The van der Waals surface area contributed by atoms with Crippen LogP contribution in [-0.2, 0) is 4.79 Å². The average Bonchev–Trinajstić information content (AvgIpc) is 2.49. The molecule has 21 heavy (non-hydrogen) atoms. The molecule has 5 nitrogen and oxygen atoms in total. The van der Waals surface area contributed by atoms with E-state index in [1.54, 1.807) is 30.3 Å². The molecule has 2 rings (SSSR count). The molecule has 1 unspecified atom stereocenters. The number of rotatable bonds is 4. The Balaban J connectivity index is 2.15. The predicted molar refractivity (Wildman–Crippen MR) is 73.4 cm³/mol. The van der Waals surface area contributed by atoms with Gasteiger partial charge in [-0.25, -0.2) is 9.18 Å². The van der Waals surface area contributed by atoms with Crippen molar-refractivity contribution in [1.82, 2.24) is 0 Å². The highest BCUT2D eigenvalue weighted by atomic mass is 19.1. The van der Waals surface area contributed by atoms with Crippen LogP contribution in [0.5, 0.6) is 0 Å². The van der Waals surface area contributed by atoms with Crippen LogP contribution in [0.25, 0.3) is 0 Å². The van der Waals surface area contributed by atoms with Crippen LogP contribution in [0, 0.1) is 5.82 Å². The normalized spacial score (nSPS) is 11.7. The van der Waals surface area contributed by atoms with Gasteiger partial charge in [-0.3, -0.25) is 4.79 Å². The molecule has 3 N–H and O–H groups in total. The van der Waals surface area contributed by atoms with Crippen molar-refractivity contribution in [3.8, 4) is 0 Å². The maximum Gasteiger partial charge on any atom is 0.335 e. The summed E-state index contributed by atoms with van der Waals surface area (Å²) in [7, 11) is 0. The van der Waals surface area contributed by atoms with Crippen molar-refractivity contribution >= 4 is 17.6 Å². The summed E-state index contributed by atoms with van der Waals surface area (Å²) in [5, 5.41) is 20.8. The summed E-state index contributed by atoms with van der Waals surface area (Å²) in [4.78, 5) is 22.5. The number of benzene rings is 2. The third-order valence-electron chi connectivity index (χ3n) is 2.84. The van der Waals surface area contributed by atoms with Gasteiger partial charge in [-0.1, -0.05) is 30.3 Å². The monoisotopic (exact) mass is 289 g/mol. The summed E-state index contributed by atoms with van der Waals surface area (Å²) in [6.45, 7) is 0. The van der Waals surface area contributed by atoms with E-state index in [9.17, 15) is 19.1 Å². The van der Waals surface area contributed by atoms with Gasteiger partial charge in [0, 0.05) is 0 Å². The van der Waals surface area contributed by atoms with Gasteiger partial charge in [0.25, 0.3) is 5.91 Å². The first kappa shape index (κ1) is 14.7. The first-order chi connectivity index (χ1) is 9.99. The molecule has 2 aromatic carbocycles. The molecule has 6 heteroatoms. The smallest absolute Gasteiger partial charge is 0.335 e. The standard InChI is InChI=1S/C15H12FNO4/c16-11-8-10(15(20)21)6-7-12(11)17-14(19)13(18)9-4-2-1-3-5-9/h1-8,13,18H,(H,17,19)(H,20,21). The van der Waals surface area contributed by atoms with Gasteiger partial charge in [-0.15, -0.1) is 0 Å². The van der Waals surface area contributed by atoms with E-state index >= 15 is 0 Å². The second-order valence-corrected chi connectivity index (χ2v) is 4.30. The van der Waals surface area contributed by atoms with E-state index in [4.69, 9.17) is 5.11 Å². The van der Waals surface area contributed by atoms with Crippen molar-refractivity contribution in [3.63, 3.8) is 0 Å². The van der Waals surface area contributed by atoms with Crippen LogP contribution in [-0.4, -0.2) is 22.1 Å². The molecule has 0 saturated heterocycles. The van der Waals surface area contributed by atoms with Crippen molar-refractivity contribution in [2.75, 3.05) is 5.32 Å². The Morgan fingerprint density at radius 1 is 1.10 bits per heavy atom.